The Labute approximate surface area is 125 Å². The molecule has 3 atom stereocenters. The summed E-state index contributed by atoms with van der Waals surface area (Å²) in [6.07, 6.45) is 3.24. The number of piperazine rings is 1. The van der Waals surface area contributed by atoms with E-state index in [1.165, 1.54) is 18.4 Å². The van der Waals surface area contributed by atoms with E-state index < -0.39 is 0 Å². The summed E-state index contributed by atoms with van der Waals surface area (Å²) in [4.78, 5) is 7.27. The van der Waals surface area contributed by atoms with Crippen LogP contribution in [0.2, 0.25) is 0 Å². The Morgan fingerprint density at radius 2 is 2.24 bits per heavy atom. The highest BCUT2D eigenvalue weighted by molar-refractivity contribution is 5.59. The maximum atomic E-state index is 10.4. The van der Waals surface area contributed by atoms with Gasteiger partial charge in [-0.3, -0.25) is 0 Å². The average molecular weight is 289 g/mol. The number of hydrogen-bond donors (Lipinski definition) is 2. The summed E-state index contributed by atoms with van der Waals surface area (Å²) in [5.41, 5.74) is 1.90. The second kappa shape index (κ2) is 4.85. The minimum atomic E-state index is -0.0624. The minimum Gasteiger partial charge on any atom is -0.506 e. The topological polar surface area (TPSA) is 57.6 Å². The lowest BCUT2D eigenvalue weighted by atomic mass is 10.1. The molecule has 3 heterocycles. The maximum absolute atomic E-state index is 10.4. The number of aromatic nitrogens is 1. The summed E-state index contributed by atoms with van der Waals surface area (Å²) >= 11 is 0. The number of ether oxygens (including phenoxy) is 1. The van der Waals surface area contributed by atoms with E-state index in [9.17, 15) is 5.11 Å². The van der Waals surface area contributed by atoms with Crippen LogP contribution in [0.4, 0.5) is 5.82 Å². The summed E-state index contributed by atoms with van der Waals surface area (Å²) in [5, 5.41) is 13.9. The molecule has 1 unspecified atom stereocenters. The second-order valence-electron chi connectivity index (χ2n) is 6.64. The molecule has 5 nitrogen and oxygen atoms in total. The number of anilines is 1. The monoisotopic (exact) mass is 289 g/mol. The molecule has 2 fully saturated rings. The normalized spacial score (nSPS) is 29.1. The first-order valence-electron chi connectivity index (χ1n) is 7.93. The Morgan fingerprint density at radius 1 is 1.43 bits per heavy atom. The van der Waals surface area contributed by atoms with E-state index in [2.05, 4.69) is 17.1 Å². The van der Waals surface area contributed by atoms with Gasteiger partial charge in [0, 0.05) is 37.8 Å². The van der Waals surface area contributed by atoms with Crippen molar-refractivity contribution >= 4 is 5.82 Å². The Bertz CT molecular complexity index is 559. The van der Waals surface area contributed by atoms with E-state index >= 15 is 0 Å². The van der Waals surface area contributed by atoms with Gasteiger partial charge >= 0.3 is 0 Å². The van der Waals surface area contributed by atoms with Crippen LogP contribution in [-0.4, -0.2) is 42.4 Å². The summed E-state index contributed by atoms with van der Waals surface area (Å²) in [7, 11) is 1.72. The summed E-state index contributed by atoms with van der Waals surface area (Å²) in [5.74, 6) is 1.88. The third kappa shape index (κ3) is 2.10. The van der Waals surface area contributed by atoms with Crippen molar-refractivity contribution in [3.8, 4) is 5.75 Å². The molecule has 21 heavy (non-hydrogen) atoms. The molecule has 0 spiro atoms. The minimum absolute atomic E-state index is 0.0624. The number of rotatable bonds is 3. The molecule has 0 amide bonds. The van der Waals surface area contributed by atoms with Gasteiger partial charge in [0.25, 0.3) is 0 Å². The molecule has 1 saturated heterocycles. The Hall–Kier alpha value is -1.33. The zero-order chi connectivity index (χ0) is 14.6. The van der Waals surface area contributed by atoms with Gasteiger partial charge in [-0.2, -0.15) is 0 Å². The first kappa shape index (κ1) is 13.3. The SMILES string of the molecule is COC(c1nc2c(cc1O)C[C@@H]1CNC[C@@H](C)N21)C1CC1. The van der Waals surface area contributed by atoms with Crippen molar-refractivity contribution in [2.75, 3.05) is 25.1 Å². The van der Waals surface area contributed by atoms with Gasteiger partial charge in [-0.1, -0.05) is 0 Å². The molecule has 1 saturated carbocycles. The fourth-order valence-electron chi connectivity index (χ4n) is 3.88. The van der Waals surface area contributed by atoms with Crippen molar-refractivity contribution in [3.05, 3.63) is 17.3 Å². The molecule has 1 aliphatic carbocycles. The smallest absolute Gasteiger partial charge is 0.140 e. The van der Waals surface area contributed by atoms with Gasteiger partial charge in [-0.15, -0.1) is 0 Å². The summed E-state index contributed by atoms with van der Waals surface area (Å²) in [6, 6.07) is 2.82. The number of aromatic hydroxyl groups is 1. The van der Waals surface area contributed by atoms with Gasteiger partial charge in [0.15, 0.2) is 0 Å². The molecule has 0 radical (unpaired) electrons. The van der Waals surface area contributed by atoms with Crippen molar-refractivity contribution < 1.29 is 9.84 Å². The van der Waals surface area contributed by atoms with E-state index in [1.807, 2.05) is 6.07 Å². The summed E-state index contributed by atoms with van der Waals surface area (Å²) < 4.78 is 5.61. The van der Waals surface area contributed by atoms with E-state index in [4.69, 9.17) is 9.72 Å². The second-order valence-corrected chi connectivity index (χ2v) is 6.64. The molecule has 114 valence electrons. The lowest BCUT2D eigenvalue weighted by Crippen LogP contribution is -2.55. The van der Waals surface area contributed by atoms with Gasteiger partial charge < -0.3 is 20.1 Å². The van der Waals surface area contributed by atoms with Crippen molar-refractivity contribution in [2.45, 2.75) is 44.4 Å². The van der Waals surface area contributed by atoms with Crippen molar-refractivity contribution in [3.63, 3.8) is 0 Å². The predicted octanol–water partition coefficient (Wildman–Crippen LogP) is 1.61. The van der Waals surface area contributed by atoms with E-state index in [0.717, 1.165) is 31.0 Å². The highest BCUT2D eigenvalue weighted by Gasteiger charge is 2.40. The zero-order valence-electron chi connectivity index (χ0n) is 12.7. The lowest BCUT2D eigenvalue weighted by molar-refractivity contribution is 0.0787. The van der Waals surface area contributed by atoms with Crippen LogP contribution in [0.15, 0.2) is 6.07 Å². The number of pyridine rings is 1. The molecule has 1 aromatic heterocycles. The van der Waals surface area contributed by atoms with E-state index in [-0.39, 0.29) is 6.10 Å². The van der Waals surface area contributed by atoms with Crippen molar-refractivity contribution in [1.82, 2.24) is 10.3 Å². The number of hydrogen-bond acceptors (Lipinski definition) is 5. The van der Waals surface area contributed by atoms with Gasteiger partial charge in [-0.05, 0) is 38.2 Å². The molecule has 0 aromatic carbocycles. The first-order valence-corrected chi connectivity index (χ1v) is 7.93. The van der Waals surface area contributed by atoms with Crippen LogP contribution in [0, 0.1) is 5.92 Å². The molecule has 2 N–H and O–H groups in total. The van der Waals surface area contributed by atoms with Gasteiger partial charge in [0.05, 0.1) is 0 Å². The predicted molar refractivity (Wildman–Crippen MR) is 80.7 cm³/mol. The fourth-order valence-corrected chi connectivity index (χ4v) is 3.88. The van der Waals surface area contributed by atoms with Crippen LogP contribution < -0.4 is 10.2 Å². The number of fused-ring (bicyclic) bond motifs is 3. The van der Waals surface area contributed by atoms with E-state index in [1.54, 1.807) is 7.11 Å². The largest absolute Gasteiger partial charge is 0.506 e. The van der Waals surface area contributed by atoms with Crippen LogP contribution in [-0.2, 0) is 11.2 Å². The van der Waals surface area contributed by atoms with Gasteiger partial charge in [-0.25, -0.2) is 4.98 Å². The average Bonchev–Trinajstić information content (AvgIpc) is 3.22. The molecule has 0 bridgehead atoms. The fraction of sp³-hybridized carbons (Fsp3) is 0.688. The first-order chi connectivity index (χ1) is 10.2. The molecular weight excluding hydrogens is 266 g/mol. The molecular formula is C16H23N3O2. The third-order valence-electron chi connectivity index (χ3n) is 5.05. The Kier molecular flexibility index (Phi) is 3.08. The molecule has 1 aromatic rings. The van der Waals surface area contributed by atoms with Crippen LogP contribution in [0.1, 0.15) is 37.1 Å². The number of nitrogens with zero attached hydrogens (tertiary/aromatic N) is 2. The Morgan fingerprint density at radius 3 is 2.95 bits per heavy atom. The zero-order valence-corrected chi connectivity index (χ0v) is 12.7. The highest BCUT2D eigenvalue weighted by Crippen LogP contribution is 2.46. The maximum Gasteiger partial charge on any atom is 0.140 e. The lowest BCUT2D eigenvalue weighted by Gasteiger charge is -2.38. The van der Waals surface area contributed by atoms with Crippen molar-refractivity contribution in [2.24, 2.45) is 5.92 Å². The van der Waals surface area contributed by atoms with E-state index in [0.29, 0.717) is 23.8 Å². The molecule has 5 heteroatoms. The standard InChI is InChI=1S/C16H23N3O2/c1-9-7-17-8-12-5-11-6-13(20)14(18-16(11)19(9)12)15(21-2)10-3-4-10/h6,9-10,12,15,17,20H,3-5,7-8H2,1-2H3/t9-,12-,15?/m1/s1. The van der Waals surface area contributed by atoms with Gasteiger partial charge in [0.2, 0.25) is 0 Å². The van der Waals surface area contributed by atoms with Crippen LogP contribution in [0.3, 0.4) is 0 Å². The molecule has 3 aliphatic rings. The Balaban J connectivity index is 1.74. The van der Waals surface area contributed by atoms with Crippen LogP contribution in [0.5, 0.6) is 5.75 Å². The number of nitrogens with one attached hydrogen (secondary N) is 1. The van der Waals surface area contributed by atoms with Crippen LogP contribution >= 0.6 is 0 Å². The highest BCUT2D eigenvalue weighted by atomic mass is 16.5. The van der Waals surface area contributed by atoms with Crippen molar-refractivity contribution in [1.29, 1.82) is 0 Å². The number of methoxy groups -OCH3 is 1. The van der Waals surface area contributed by atoms with Gasteiger partial charge in [0.1, 0.15) is 23.4 Å². The van der Waals surface area contributed by atoms with Crippen LogP contribution in [0.25, 0.3) is 0 Å². The quantitative estimate of drug-likeness (QED) is 0.885. The molecule has 2 aliphatic heterocycles. The summed E-state index contributed by atoms with van der Waals surface area (Å²) in [6.45, 7) is 4.22. The molecule has 4 rings (SSSR count). The third-order valence-corrected chi connectivity index (χ3v) is 5.05.